The van der Waals surface area contributed by atoms with Crippen LogP contribution in [0.4, 0.5) is 0 Å². The highest BCUT2D eigenvalue weighted by Crippen LogP contribution is 2.60. The van der Waals surface area contributed by atoms with E-state index in [0.717, 1.165) is 38.5 Å². The predicted octanol–water partition coefficient (Wildman–Crippen LogP) is 3.53. The van der Waals surface area contributed by atoms with Crippen LogP contribution in [0.1, 0.15) is 72.6 Å². The van der Waals surface area contributed by atoms with Crippen molar-refractivity contribution >= 4 is 12.1 Å². The van der Waals surface area contributed by atoms with Gasteiger partial charge in [0.15, 0.2) is 6.29 Å². The molecule has 1 N–H and O–H groups in total. The molecule has 2 saturated carbocycles. The fourth-order valence-corrected chi connectivity index (χ4v) is 4.83. The van der Waals surface area contributed by atoms with Crippen LogP contribution in [-0.2, 0) is 9.59 Å². The summed E-state index contributed by atoms with van der Waals surface area (Å²) in [4.78, 5) is 23.5. The lowest BCUT2D eigenvalue weighted by molar-refractivity contribution is -0.150. The Bertz CT molecular complexity index is 428. The Hall–Kier alpha value is -0.700. The zero-order chi connectivity index (χ0) is 15.9. The number of aliphatic hydroxyl groups is 1. The van der Waals surface area contributed by atoms with Crippen molar-refractivity contribution in [2.75, 3.05) is 0 Å². The highest BCUT2D eigenvalue weighted by atomic mass is 16.3. The van der Waals surface area contributed by atoms with Crippen LogP contribution in [-0.4, -0.2) is 22.8 Å². The molecule has 0 aromatic heterocycles. The third-order valence-electron chi connectivity index (χ3n) is 6.74. The van der Waals surface area contributed by atoms with Gasteiger partial charge >= 0.3 is 0 Å². The van der Waals surface area contributed by atoms with Crippen molar-refractivity contribution in [1.82, 2.24) is 0 Å². The first kappa shape index (κ1) is 16.7. The Morgan fingerprint density at radius 3 is 2.67 bits per heavy atom. The Kier molecular flexibility index (Phi) is 4.36. The fraction of sp³-hybridized carbons (Fsp3) is 0.889. The predicted molar refractivity (Wildman–Crippen MR) is 82.9 cm³/mol. The zero-order valence-corrected chi connectivity index (χ0v) is 13.9. The van der Waals surface area contributed by atoms with Crippen LogP contribution < -0.4 is 0 Å². The smallest absolute Gasteiger partial charge is 0.151 e. The van der Waals surface area contributed by atoms with E-state index in [1.54, 1.807) is 6.92 Å². The van der Waals surface area contributed by atoms with Crippen LogP contribution in [0.5, 0.6) is 0 Å². The molecule has 2 aliphatic carbocycles. The van der Waals surface area contributed by atoms with Gasteiger partial charge in [0.05, 0.1) is 0 Å². The van der Waals surface area contributed by atoms with Crippen LogP contribution in [0.25, 0.3) is 0 Å². The molecule has 3 nitrogen and oxygen atoms in total. The van der Waals surface area contributed by atoms with E-state index >= 15 is 0 Å². The molecule has 0 amide bonds. The number of carbonyl (C=O) groups excluding carboxylic acids is 2. The molecule has 2 rings (SSSR count). The molecule has 0 saturated heterocycles. The van der Waals surface area contributed by atoms with Gasteiger partial charge in [-0.05, 0) is 62.7 Å². The third kappa shape index (κ3) is 2.81. The first-order valence-electron chi connectivity index (χ1n) is 8.38. The molecule has 5 atom stereocenters. The Balaban J connectivity index is 2.25. The van der Waals surface area contributed by atoms with Crippen molar-refractivity contribution in [3.63, 3.8) is 0 Å². The molecule has 2 fully saturated rings. The van der Waals surface area contributed by atoms with Crippen LogP contribution in [0, 0.1) is 22.7 Å². The summed E-state index contributed by atoms with van der Waals surface area (Å²) in [7, 11) is 0. The van der Waals surface area contributed by atoms with Gasteiger partial charge in [0.2, 0.25) is 0 Å². The number of ketones is 1. The molecule has 0 spiro atoms. The Morgan fingerprint density at radius 1 is 1.38 bits per heavy atom. The maximum Gasteiger partial charge on any atom is 0.151 e. The van der Waals surface area contributed by atoms with Gasteiger partial charge in [-0.25, -0.2) is 0 Å². The quantitative estimate of drug-likeness (QED) is 0.807. The minimum Gasteiger partial charge on any atom is -0.383 e. The number of fused-ring (bicyclic) bond motifs is 1. The maximum atomic E-state index is 12.5. The lowest BCUT2D eigenvalue weighted by atomic mass is 9.46. The normalized spacial score (nSPS) is 43.0. The molecule has 3 heteroatoms. The monoisotopic (exact) mass is 294 g/mol. The second kappa shape index (κ2) is 5.49. The molecule has 0 heterocycles. The largest absolute Gasteiger partial charge is 0.383 e. The fourth-order valence-electron chi connectivity index (χ4n) is 4.83. The van der Waals surface area contributed by atoms with Gasteiger partial charge in [0.25, 0.3) is 0 Å². The molecule has 120 valence electrons. The van der Waals surface area contributed by atoms with Gasteiger partial charge in [-0.3, -0.25) is 4.79 Å². The molecular formula is C18H30O3. The molecule has 0 aromatic rings. The van der Waals surface area contributed by atoms with E-state index in [0.29, 0.717) is 30.3 Å². The number of carbonyl (C=O) groups is 2. The van der Waals surface area contributed by atoms with E-state index in [-0.39, 0.29) is 10.8 Å². The molecule has 21 heavy (non-hydrogen) atoms. The standard InChI is InChI=1S/C18H30O3/c1-13-8-9-18(4)14(6-5-7-15(18)20)17(13,3)11-10-16(2,21)12-19/h12-14,21H,5-11H2,1-4H3/t13-,14-,16?,17+,18-/m1/s1. The van der Waals surface area contributed by atoms with Crippen molar-refractivity contribution < 1.29 is 14.7 Å². The summed E-state index contributed by atoms with van der Waals surface area (Å²) in [5.41, 5.74) is -1.39. The van der Waals surface area contributed by atoms with Crippen molar-refractivity contribution in [2.24, 2.45) is 22.7 Å². The molecule has 1 unspecified atom stereocenters. The zero-order valence-electron chi connectivity index (χ0n) is 13.9. The highest BCUT2D eigenvalue weighted by Gasteiger charge is 2.56. The van der Waals surface area contributed by atoms with Crippen molar-refractivity contribution in [3.8, 4) is 0 Å². The van der Waals surface area contributed by atoms with Crippen molar-refractivity contribution in [3.05, 3.63) is 0 Å². The summed E-state index contributed by atoms with van der Waals surface area (Å²) in [6.45, 7) is 8.29. The molecule has 0 bridgehead atoms. The summed E-state index contributed by atoms with van der Waals surface area (Å²) in [5, 5.41) is 10.0. The summed E-state index contributed by atoms with van der Waals surface area (Å²) in [6.07, 6.45) is 6.83. The average Bonchev–Trinajstić information content (AvgIpc) is 2.44. The van der Waals surface area contributed by atoms with Gasteiger partial charge in [-0.2, -0.15) is 0 Å². The number of Topliss-reactive ketones (excluding diaryl/α,β-unsaturated/α-hetero) is 1. The van der Waals surface area contributed by atoms with Gasteiger partial charge < -0.3 is 9.90 Å². The van der Waals surface area contributed by atoms with Crippen molar-refractivity contribution in [1.29, 1.82) is 0 Å². The van der Waals surface area contributed by atoms with Gasteiger partial charge in [-0.1, -0.05) is 20.8 Å². The molecule has 0 aromatic carbocycles. The third-order valence-corrected chi connectivity index (χ3v) is 6.74. The van der Waals surface area contributed by atoms with E-state index in [1.165, 1.54) is 0 Å². The number of hydrogen-bond acceptors (Lipinski definition) is 3. The van der Waals surface area contributed by atoms with E-state index < -0.39 is 5.60 Å². The average molecular weight is 294 g/mol. The Labute approximate surface area is 128 Å². The van der Waals surface area contributed by atoms with Gasteiger partial charge in [0, 0.05) is 11.8 Å². The van der Waals surface area contributed by atoms with E-state index in [9.17, 15) is 14.7 Å². The minimum atomic E-state index is -1.24. The molecule has 2 aliphatic rings. The highest BCUT2D eigenvalue weighted by molar-refractivity contribution is 5.85. The topological polar surface area (TPSA) is 54.4 Å². The molecular weight excluding hydrogens is 264 g/mol. The van der Waals surface area contributed by atoms with Gasteiger partial charge in [0.1, 0.15) is 11.4 Å². The summed E-state index contributed by atoms with van der Waals surface area (Å²) in [6, 6.07) is 0. The number of hydrogen-bond donors (Lipinski definition) is 1. The lowest BCUT2D eigenvalue weighted by Crippen LogP contribution is -2.53. The molecule has 0 radical (unpaired) electrons. The van der Waals surface area contributed by atoms with E-state index in [2.05, 4.69) is 20.8 Å². The second-order valence-corrected chi connectivity index (χ2v) is 8.21. The maximum absolute atomic E-state index is 12.5. The van der Waals surface area contributed by atoms with E-state index in [1.807, 2.05) is 0 Å². The number of aldehydes is 1. The summed E-state index contributed by atoms with van der Waals surface area (Å²) in [5.74, 6) is 1.35. The van der Waals surface area contributed by atoms with Crippen LogP contribution in [0.15, 0.2) is 0 Å². The number of rotatable bonds is 4. The SMILES string of the molecule is C[C@@H]1CC[C@@]2(C)C(=O)CCC[C@@H]2[C@@]1(C)CCC(C)(O)C=O. The summed E-state index contributed by atoms with van der Waals surface area (Å²) >= 11 is 0. The van der Waals surface area contributed by atoms with Crippen LogP contribution in [0.3, 0.4) is 0 Å². The van der Waals surface area contributed by atoms with Gasteiger partial charge in [-0.15, -0.1) is 0 Å². The lowest BCUT2D eigenvalue weighted by Gasteiger charge is -2.57. The van der Waals surface area contributed by atoms with E-state index in [4.69, 9.17) is 0 Å². The Morgan fingerprint density at radius 2 is 2.05 bits per heavy atom. The van der Waals surface area contributed by atoms with Crippen LogP contribution >= 0.6 is 0 Å². The minimum absolute atomic E-state index is 0.0378. The van der Waals surface area contributed by atoms with Crippen LogP contribution in [0.2, 0.25) is 0 Å². The first-order chi connectivity index (χ1) is 9.66. The first-order valence-corrected chi connectivity index (χ1v) is 8.38. The van der Waals surface area contributed by atoms with Crippen molar-refractivity contribution in [2.45, 2.75) is 78.2 Å². The summed E-state index contributed by atoms with van der Waals surface area (Å²) < 4.78 is 0. The molecule has 0 aliphatic heterocycles. The second-order valence-electron chi connectivity index (χ2n) is 8.21.